The molecule has 0 fully saturated rings. The van der Waals surface area contributed by atoms with Gasteiger partial charge in [-0.1, -0.05) is 6.07 Å². The Morgan fingerprint density at radius 3 is 2.47 bits per heavy atom. The van der Waals surface area contributed by atoms with Crippen molar-refractivity contribution >= 4 is 5.97 Å². The lowest BCUT2D eigenvalue weighted by Crippen LogP contribution is -2.27. The van der Waals surface area contributed by atoms with Crippen LogP contribution in [0.4, 0.5) is 17.6 Å². The number of hydrogen-bond acceptors (Lipinski definition) is 3. The van der Waals surface area contributed by atoms with Crippen LogP contribution in [0.15, 0.2) is 18.2 Å². The minimum atomic E-state index is -4.79. The lowest BCUT2D eigenvalue weighted by Gasteiger charge is -2.17. The van der Waals surface area contributed by atoms with Gasteiger partial charge in [-0.15, -0.1) is 0 Å². The molecule has 0 amide bonds. The molecule has 1 rings (SSSR count). The molecule has 17 heavy (non-hydrogen) atoms. The van der Waals surface area contributed by atoms with Crippen molar-refractivity contribution in [3.63, 3.8) is 0 Å². The highest BCUT2D eigenvalue weighted by molar-refractivity contribution is 5.78. The Labute approximate surface area is 94.2 Å². The number of esters is 1. The number of hydrogen-bond donors (Lipinski definition) is 1. The van der Waals surface area contributed by atoms with Crippen molar-refractivity contribution in [3.8, 4) is 0 Å². The Balaban J connectivity index is 3.35. The van der Waals surface area contributed by atoms with Gasteiger partial charge < -0.3 is 10.5 Å². The summed E-state index contributed by atoms with van der Waals surface area (Å²) >= 11 is 0. The molecule has 1 atom stereocenters. The van der Waals surface area contributed by atoms with Gasteiger partial charge in [-0.2, -0.15) is 13.2 Å². The fourth-order valence-corrected chi connectivity index (χ4v) is 1.35. The maximum Gasteiger partial charge on any atom is 0.416 e. The topological polar surface area (TPSA) is 52.3 Å². The molecule has 1 aromatic rings. The maximum absolute atomic E-state index is 13.3. The third kappa shape index (κ3) is 2.73. The Morgan fingerprint density at radius 2 is 2.00 bits per heavy atom. The smallest absolute Gasteiger partial charge is 0.416 e. The van der Waals surface area contributed by atoms with Gasteiger partial charge in [-0.3, -0.25) is 4.79 Å². The SMILES string of the molecule is COC(=O)[C@@H](N)c1c(F)cccc1C(F)(F)F. The quantitative estimate of drug-likeness (QED) is 0.646. The van der Waals surface area contributed by atoms with E-state index in [1.54, 1.807) is 0 Å². The van der Waals surface area contributed by atoms with E-state index in [1.807, 2.05) is 0 Å². The van der Waals surface area contributed by atoms with Crippen LogP contribution < -0.4 is 5.73 Å². The normalized spacial score (nSPS) is 13.3. The maximum atomic E-state index is 13.3. The van der Waals surface area contributed by atoms with Crippen molar-refractivity contribution in [1.29, 1.82) is 0 Å². The van der Waals surface area contributed by atoms with E-state index in [2.05, 4.69) is 4.74 Å². The fraction of sp³-hybridized carbons (Fsp3) is 0.300. The zero-order chi connectivity index (χ0) is 13.2. The molecule has 0 aliphatic heterocycles. The zero-order valence-electron chi connectivity index (χ0n) is 8.72. The summed E-state index contributed by atoms with van der Waals surface area (Å²) in [6, 6.07) is 0.540. The molecular formula is C10H9F4NO2. The van der Waals surface area contributed by atoms with E-state index in [1.165, 1.54) is 0 Å². The van der Waals surface area contributed by atoms with Gasteiger partial charge in [-0.05, 0) is 12.1 Å². The second-order valence-corrected chi connectivity index (χ2v) is 3.20. The minimum Gasteiger partial charge on any atom is -0.468 e. The van der Waals surface area contributed by atoms with Crippen molar-refractivity contribution in [2.75, 3.05) is 7.11 Å². The van der Waals surface area contributed by atoms with Crippen molar-refractivity contribution in [3.05, 3.63) is 35.1 Å². The predicted octanol–water partition coefficient (Wildman–Crippen LogP) is 2.02. The molecule has 7 heteroatoms. The second-order valence-electron chi connectivity index (χ2n) is 3.20. The summed E-state index contributed by atoms with van der Waals surface area (Å²) in [6.07, 6.45) is -4.79. The van der Waals surface area contributed by atoms with Crippen LogP contribution in [0.1, 0.15) is 17.2 Å². The van der Waals surface area contributed by atoms with Crippen molar-refractivity contribution in [1.82, 2.24) is 0 Å². The number of methoxy groups -OCH3 is 1. The highest BCUT2D eigenvalue weighted by Gasteiger charge is 2.37. The van der Waals surface area contributed by atoms with Gasteiger partial charge in [0.2, 0.25) is 0 Å². The van der Waals surface area contributed by atoms with E-state index in [0.717, 1.165) is 19.2 Å². The van der Waals surface area contributed by atoms with Gasteiger partial charge in [0.25, 0.3) is 0 Å². The van der Waals surface area contributed by atoms with E-state index in [-0.39, 0.29) is 0 Å². The van der Waals surface area contributed by atoms with Crippen LogP contribution >= 0.6 is 0 Å². The predicted molar refractivity (Wildman–Crippen MR) is 50.3 cm³/mol. The number of nitrogens with two attached hydrogens (primary N) is 1. The van der Waals surface area contributed by atoms with Crippen LogP contribution in [0.3, 0.4) is 0 Å². The zero-order valence-corrected chi connectivity index (χ0v) is 8.72. The van der Waals surface area contributed by atoms with Crippen LogP contribution in [0.5, 0.6) is 0 Å². The molecule has 94 valence electrons. The Kier molecular flexibility index (Phi) is 3.72. The summed E-state index contributed by atoms with van der Waals surface area (Å²) in [5.41, 5.74) is 3.04. The summed E-state index contributed by atoms with van der Waals surface area (Å²) in [5, 5.41) is 0. The van der Waals surface area contributed by atoms with Crippen LogP contribution in [0.2, 0.25) is 0 Å². The number of halogens is 4. The number of carbonyl (C=O) groups excluding carboxylic acids is 1. The van der Waals surface area contributed by atoms with Gasteiger partial charge in [0.05, 0.1) is 12.7 Å². The molecule has 0 spiro atoms. The molecule has 1 aromatic carbocycles. The Morgan fingerprint density at radius 1 is 1.41 bits per heavy atom. The summed E-state index contributed by atoms with van der Waals surface area (Å²) in [6.45, 7) is 0. The Bertz CT molecular complexity index is 431. The van der Waals surface area contributed by atoms with Gasteiger partial charge in [0.1, 0.15) is 11.9 Å². The minimum absolute atomic E-state index is 0.654. The van der Waals surface area contributed by atoms with Crippen LogP contribution in [0.25, 0.3) is 0 Å². The third-order valence-electron chi connectivity index (χ3n) is 2.12. The monoisotopic (exact) mass is 251 g/mol. The van der Waals surface area contributed by atoms with E-state index >= 15 is 0 Å². The molecule has 3 nitrogen and oxygen atoms in total. The number of alkyl halides is 3. The number of ether oxygens (including phenoxy) is 1. The average Bonchev–Trinajstić information content (AvgIpc) is 2.25. The standard InChI is InChI=1S/C10H9F4NO2/c1-17-9(16)8(15)7-5(10(12,13)14)3-2-4-6(7)11/h2-4,8H,15H2,1H3/t8-/m0/s1. The number of rotatable bonds is 2. The molecule has 0 bridgehead atoms. The van der Waals surface area contributed by atoms with E-state index in [0.29, 0.717) is 6.07 Å². The molecule has 0 aliphatic carbocycles. The number of carbonyl (C=O) groups is 1. The first-order chi connectivity index (χ1) is 7.79. The molecular weight excluding hydrogens is 242 g/mol. The first-order valence-corrected chi connectivity index (χ1v) is 4.48. The van der Waals surface area contributed by atoms with E-state index < -0.39 is 35.1 Å². The molecule has 0 aliphatic rings. The summed E-state index contributed by atoms with van der Waals surface area (Å²) < 4.78 is 55.3. The average molecular weight is 251 g/mol. The van der Waals surface area contributed by atoms with Crippen LogP contribution in [0, 0.1) is 5.82 Å². The highest BCUT2D eigenvalue weighted by Crippen LogP contribution is 2.35. The lowest BCUT2D eigenvalue weighted by atomic mass is 10.00. The summed E-state index contributed by atoms with van der Waals surface area (Å²) in [4.78, 5) is 11.1. The molecule has 0 heterocycles. The largest absolute Gasteiger partial charge is 0.468 e. The lowest BCUT2D eigenvalue weighted by molar-refractivity contribution is -0.144. The molecule has 0 unspecified atom stereocenters. The molecule has 2 N–H and O–H groups in total. The molecule has 0 saturated heterocycles. The van der Waals surface area contributed by atoms with Crippen molar-refractivity contribution in [2.45, 2.75) is 12.2 Å². The molecule has 0 radical (unpaired) electrons. The first kappa shape index (κ1) is 13.4. The van der Waals surface area contributed by atoms with Crippen molar-refractivity contribution < 1.29 is 27.1 Å². The summed E-state index contributed by atoms with van der Waals surface area (Å²) in [7, 11) is 0.955. The van der Waals surface area contributed by atoms with Gasteiger partial charge >= 0.3 is 12.1 Å². The van der Waals surface area contributed by atoms with E-state index in [9.17, 15) is 22.4 Å². The highest BCUT2D eigenvalue weighted by atomic mass is 19.4. The summed E-state index contributed by atoms with van der Waals surface area (Å²) in [5.74, 6) is -2.33. The first-order valence-electron chi connectivity index (χ1n) is 4.48. The molecule has 0 saturated carbocycles. The number of benzene rings is 1. The van der Waals surface area contributed by atoms with Gasteiger partial charge in [-0.25, -0.2) is 4.39 Å². The third-order valence-corrected chi connectivity index (χ3v) is 2.12. The fourth-order valence-electron chi connectivity index (χ4n) is 1.35. The van der Waals surface area contributed by atoms with Crippen LogP contribution in [-0.4, -0.2) is 13.1 Å². The second kappa shape index (κ2) is 4.70. The van der Waals surface area contributed by atoms with Crippen molar-refractivity contribution in [2.24, 2.45) is 5.73 Å². The van der Waals surface area contributed by atoms with Crippen LogP contribution in [-0.2, 0) is 15.7 Å². The van der Waals surface area contributed by atoms with E-state index in [4.69, 9.17) is 5.73 Å². The molecule has 0 aromatic heterocycles. The van der Waals surface area contributed by atoms with Gasteiger partial charge in [0, 0.05) is 5.56 Å². The Hall–Kier alpha value is -1.63. The van der Waals surface area contributed by atoms with Gasteiger partial charge in [0.15, 0.2) is 0 Å².